The first-order valence-electron chi connectivity index (χ1n) is 15.4. The summed E-state index contributed by atoms with van der Waals surface area (Å²) < 4.78 is 19.9. The zero-order chi connectivity index (χ0) is 32.3. The second-order valence-corrected chi connectivity index (χ2v) is 12.9. The number of likely N-dealkylation sites (N-methyl/N-ethyl adjacent to an activating group) is 1. The van der Waals surface area contributed by atoms with Gasteiger partial charge in [0.15, 0.2) is 0 Å². The number of likely N-dealkylation sites (tertiary alicyclic amines) is 1. The number of amides is 2. The molecule has 4 aromatic rings. The van der Waals surface area contributed by atoms with Gasteiger partial charge < -0.3 is 14.5 Å². The fraction of sp³-hybridized carbons (Fsp3) is 0.306. The summed E-state index contributed by atoms with van der Waals surface area (Å²) >= 11 is 12.6. The number of rotatable bonds is 9. The number of halogens is 3. The average Bonchev–Trinajstić information content (AvgIpc) is 3.06. The highest BCUT2D eigenvalue weighted by molar-refractivity contribution is 6.42. The van der Waals surface area contributed by atoms with Gasteiger partial charge in [0.1, 0.15) is 11.4 Å². The summed E-state index contributed by atoms with van der Waals surface area (Å²) in [4.78, 5) is 34.4. The Kier molecular flexibility index (Phi) is 9.59. The van der Waals surface area contributed by atoms with E-state index in [0.717, 1.165) is 35.2 Å². The van der Waals surface area contributed by atoms with Crippen LogP contribution in [0.4, 0.5) is 14.9 Å². The molecule has 10 heteroatoms. The number of hydrogen-bond donors (Lipinski definition) is 1. The second kappa shape index (κ2) is 13.8. The van der Waals surface area contributed by atoms with Crippen LogP contribution >= 0.6 is 23.2 Å². The smallest absolute Gasteiger partial charge is 0.412 e. The quantitative estimate of drug-likeness (QED) is 0.196. The number of carbonyl (C=O) groups is 2. The highest BCUT2D eigenvalue weighted by Gasteiger charge is 2.44. The van der Waals surface area contributed by atoms with Crippen LogP contribution in [0.3, 0.4) is 0 Å². The summed E-state index contributed by atoms with van der Waals surface area (Å²) in [6.07, 6.45) is 5.55. The third-order valence-corrected chi connectivity index (χ3v) is 9.77. The first-order valence-corrected chi connectivity index (χ1v) is 16.2. The van der Waals surface area contributed by atoms with E-state index >= 15 is 0 Å². The Labute approximate surface area is 278 Å². The summed E-state index contributed by atoms with van der Waals surface area (Å²) in [6.45, 7) is 2.61. The van der Waals surface area contributed by atoms with Gasteiger partial charge in [-0.1, -0.05) is 53.5 Å². The van der Waals surface area contributed by atoms with Crippen molar-refractivity contribution in [2.24, 2.45) is 0 Å². The first kappa shape index (κ1) is 32.0. The summed E-state index contributed by atoms with van der Waals surface area (Å²) in [5.74, 6) is -0.744. The van der Waals surface area contributed by atoms with Gasteiger partial charge in [0.25, 0.3) is 0 Å². The van der Waals surface area contributed by atoms with Crippen molar-refractivity contribution in [2.45, 2.75) is 43.7 Å². The molecule has 3 aromatic carbocycles. The molecule has 2 aliphatic rings. The molecule has 7 nitrogen and oxygen atoms in total. The monoisotopic (exact) mass is 660 g/mol. The molecule has 1 N–H and O–H groups in total. The van der Waals surface area contributed by atoms with Gasteiger partial charge in [-0.15, -0.1) is 0 Å². The van der Waals surface area contributed by atoms with Crippen molar-refractivity contribution in [3.8, 4) is 11.1 Å². The molecule has 0 aliphatic carbocycles. The summed E-state index contributed by atoms with van der Waals surface area (Å²) in [7, 11) is 1.83. The molecule has 1 atom stereocenters. The van der Waals surface area contributed by atoms with E-state index in [9.17, 15) is 14.0 Å². The van der Waals surface area contributed by atoms with Crippen LogP contribution in [-0.2, 0) is 21.7 Å². The normalized spacial score (nSPS) is 16.3. The highest BCUT2D eigenvalue weighted by atomic mass is 35.5. The lowest BCUT2D eigenvalue weighted by Gasteiger charge is -2.44. The van der Waals surface area contributed by atoms with Gasteiger partial charge in [-0.3, -0.25) is 15.1 Å². The molecule has 46 heavy (non-hydrogen) atoms. The number of aromatic nitrogens is 1. The molecule has 238 valence electrons. The van der Waals surface area contributed by atoms with E-state index < -0.39 is 17.6 Å². The van der Waals surface area contributed by atoms with Crippen molar-refractivity contribution in [3.63, 3.8) is 0 Å². The zero-order valence-corrected chi connectivity index (χ0v) is 27.0. The van der Waals surface area contributed by atoms with Crippen LogP contribution in [0.2, 0.25) is 10.0 Å². The lowest BCUT2D eigenvalue weighted by molar-refractivity contribution is -0.132. The molecule has 1 spiro atoms. The molecular formula is C36H35Cl2FN4O3. The predicted molar refractivity (Wildman–Crippen MR) is 178 cm³/mol. The van der Waals surface area contributed by atoms with Gasteiger partial charge in [0.2, 0.25) is 5.91 Å². The van der Waals surface area contributed by atoms with E-state index in [0.29, 0.717) is 60.2 Å². The zero-order valence-electron chi connectivity index (χ0n) is 25.5. The molecule has 1 unspecified atom stereocenters. The van der Waals surface area contributed by atoms with Crippen LogP contribution in [0.25, 0.3) is 11.1 Å². The van der Waals surface area contributed by atoms with Crippen LogP contribution in [0.1, 0.15) is 48.3 Å². The van der Waals surface area contributed by atoms with Crippen molar-refractivity contribution < 1.29 is 18.7 Å². The maximum atomic E-state index is 14.1. The molecular weight excluding hydrogens is 626 g/mol. The number of pyridine rings is 1. The van der Waals surface area contributed by atoms with Gasteiger partial charge >= 0.3 is 6.09 Å². The van der Waals surface area contributed by atoms with Crippen molar-refractivity contribution in [1.29, 1.82) is 0 Å². The number of nitrogens with one attached hydrogen (secondary N) is 1. The van der Waals surface area contributed by atoms with E-state index in [1.165, 1.54) is 12.1 Å². The number of carbonyl (C=O) groups excluding carboxylic acids is 2. The SMILES string of the molecule is CN(Cc1ccc(-c2ccncc2)cc1)C(=O)C(CCCN1CCC2(CC1)OC(=O)Nc1ccc(F)cc12)c1ccc(Cl)c(Cl)c1. The number of fused-ring (bicyclic) bond motifs is 2. The molecule has 0 saturated carbocycles. The third-order valence-electron chi connectivity index (χ3n) is 9.04. The number of ether oxygens (including phenoxy) is 1. The fourth-order valence-electron chi connectivity index (χ4n) is 6.53. The summed E-state index contributed by atoms with van der Waals surface area (Å²) in [5, 5.41) is 3.55. The van der Waals surface area contributed by atoms with Gasteiger partial charge in [0.05, 0.1) is 21.7 Å². The molecule has 2 aliphatic heterocycles. The van der Waals surface area contributed by atoms with Gasteiger partial charge in [0, 0.05) is 57.5 Å². The summed E-state index contributed by atoms with van der Waals surface area (Å²) in [5.41, 5.74) is 4.49. The minimum absolute atomic E-state index is 0.00875. The molecule has 0 radical (unpaired) electrons. The maximum Gasteiger partial charge on any atom is 0.412 e. The number of nitrogens with zero attached hydrogens (tertiary/aromatic N) is 3. The Balaban J connectivity index is 1.10. The predicted octanol–water partition coefficient (Wildman–Crippen LogP) is 8.27. The lowest BCUT2D eigenvalue weighted by atomic mass is 9.82. The van der Waals surface area contributed by atoms with Crippen LogP contribution in [-0.4, -0.2) is 53.5 Å². The lowest BCUT2D eigenvalue weighted by Crippen LogP contribution is -2.48. The standard InChI is InChI=1S/C36H35Cl2FN4O3/c1-42(23-24-4-6-25(7-5-24)26-12-16-40-17-13-26)34(44)29(27-8-10-31(37)32(38)21-27)3-2-18-43-19-14-36(15-20-43)30-22-28(39)9-11-33(30)41-35(45)46-36/h4-13,16-17,21-22,29H,2-3,14-15,18-20,23H2,1H3,(H,41,45). The number of benzene rings is 3. The van der Waals surface area contributed by atoms with Crippen molar-refractivity contribution in [1.82, 2.24) is 14.8 Å². The number of anilines is 1. The largest absolute Gasteiger partial charge is 0.438 e. The average molecular weight is 662 g/mol. The second-order valence-electron chi connectivity index (χ2n) is 12.0. The van der Waals surface area contributed by atoms with Crippen molar-refractivity contribution >= 4 is 40.9 Å². The number of piperidine rings is 1. The molecule has 2 amide bonds. The highest BCUT2D eigenvalue weighted by Crippen LogP contribution is 2.44. The maximum absolute atomic E-state index is 14.1. The van der Waals surface area contributed by atoms with E-state index in [1.54, 1.807) is 35.5 Å². The molecule has 3 heterocycles. The Morgan fingerprint density at radius 2 is 1.72 bits per heavy atom. The van der Waals surface area contributed by atoms with E-state index in [-0.39, 0.29) is 11.7 Å². The van der Waals surface area contributed by atoms with E-state index in [1.807, 2.05) is 37.4 Å². The molecule has 1 fully saturated rings. The Morgan fingerprint density at radius 1 is 1.00 bits per heavy atom. The van der Waals surface area contributed by atoms with Crippen LogP contribution in [0, 0.1) is 5.82 Å². The van der Waals surface area contributed by atoms with Gasteiger partial charge in [-0.05, 0) is 84.1 Å². The topological polar surface area (TPSA) is 74.8 Å². The molecule has 1 saturated heterocycles. The van der Waals surface area contributed by atoms with E-state index in [2.05, 4.69) is 27.3 Å². The minimum Gasteiger partial charge on any atom is -0.438 e. The van der Waals surface area contributed by atoms with Crippen LogP contribution < -0.4 is 5.32 Å². The van der Waals surface area contributed by atoms with E-state index in [4.69, 9.17) is 27.9 Å². The minimum atomic E-state index is -0.839. The molecule has 1 aromatic heterocycles. The fourth-order valence-corrected chi connectivity index (χ4v) is 6.83. The van der Waals surface area contributed by atoms with Gasteiger partial charge in [-0.25, -0.2) is 9.18 Å². The van der Waals surface area contributed by atoms with Crippen LogP contribution in [0.15, 0.2) is 85.2 Å². The third kappa shape index (κ3) is 7.04. The first-order chi connectivity index (χ1) is 22.2. The van der Waals surface area contributed by atoms with Gasteiger partial charge in [-0.2, -0.15) is 0 Å². The number of hydrogen-bond acceptors (Lipinski definition) is 5. The Morgan fingerprint density at radius 3 is 2.43 bits per heavy atom. The molecule has 0 bridgehead atoms. The Hall–Kier alpha value is -3.98. The Bertz CT molecular complexity index is 1710. The summed E-state index contributed by atoms with van der Waals surface area (Å²) in [6, 6.07) is 21.9. The van der Waals surface area contributed by atoms with Crippen LogP contribution in [0.5, 0.6) is 0 Å². The van der Waals surface area contributed by atoms with Crippen molar-refractivity contribution in [3.05, 3.63) is 118 Å². The van der Waals surface area contributed by atoms with Crippen molar-refractivity contribution in [2.75, 3.05) is 32.0 Å². The molecule has 6 rings (SSSR count).